The lowest BCUT2D eigenvalue weighted by molar-refractivity contribution is -0.144. The number of carbonyl (C=O) groups excluding carboxylic acids is 12. The minimum absolute atomic E-state index is 0.0198. The summed E-state index contributed by atoms with van der Waals surface area (Å²) in [5, 5.41) is 43.8. The normalized spacial score (nSPS) is 15.3. The topological polar surface area (TPSA) is 542 Å². The number of nitrogens with one attached hydrogen (secondary N) is 10. The van der Waals surface area contributed by atoms with Crippen molar-refractivity contribution in [3.63, 3.8) is 0 Å². The Morgan fingerprint density at radius 1 is 0.455 bits per heavy atom. The Morgan fingerprint density at radius 3 is 1.25 bits per heavy atom. The number of primary amides is 2. The van der Waals surface area contributed by atoms with E-state index in [2.05, 4.69) is 70.8 Å². The number of hydrogen-bond donors (Lipinski definition) is 18. The zero-order valence-electron chi connectivity index (χ0n) is 52.2. The van der Waals surface area contributed by atoms with E-state index >= 15 is 0 Å². The summed E-state index contributed by atoms with van der Waals surface area (Å²) < 4.78 is 0. The van der Waals surface area contributed by atoms with E-state index in [-0.39, 0.29) is 80.5 Å². The number of amides is 12. The van der Waals surface area contributed by atoms with Gasteiger partial charge in [0.1, 0.15) is 54.4 Å². The zero-order valence-corrected chi connectivity index (χ0v) is 53.1. The number of nitrogens with two attached hydrogens (primary N) is 5. The molecule has 0 unspecified atom stereocenters. The Kier molecular flexibility index (Phi) is 37.7. The van der Waals surface area contributed by atoms with Crippen molar-refractivity contribution in [2.45, 2.75) is 207 Å². The van der Waals surface area contributed by atoms with Crippen LogP contribution in [0.15, 0.2) is 4.99 Å². The maximum atomic E-state index is 14.3. The second-order valence-electron chi connectivity index (χ2n) is 23.0. The highest BCUT2D eigenvalue weighted by Crippen LogP contribution is 2.14. The first-order chi connectivity index (χ1) is 41.0. The number of rotatable bonds is 44. The lowest BCUT2D eigenvalue weighted by Gasteiger charge is -2.28. The fourth-order valence-corrected chi connectivity index (χ4v) is 8.72. The third-order valence-corrected chi connectivity index (χ3v) is 14.2. The largest absolute Gasteiger partial charge is 0.481 e. The van der Waals surface area contributed by atoms with Crippen LogP contribution in [0.1, 0.15) is 146 Å². The van der Waals surface area contributed by atoms with Gasteiger partial charge in [-0.2, -0.15) is 12.6 Å². The van der Waals surface area contributed by atoms with E-state index in [0.717, 1.165) is 0 Å². The monoisotopic (exact) mass is 1270 g/mol. The molecule has 0 spiro atoms. The molecule has 0 bridgehead atoms. The van der Waals surface area contributed by atoms with E-state index in [0.29, 0.717) is 12.8 Å². The fraction of sp³-hybridized carbons (Fsp3) is 0.727. The van der Waals surface area contributed by atoms with Crippen molar-refractivity contribution in [2.24, 2.45) is 63.3 Å². The minimum Gasteiger partial charge on any atom is -0.481 e. The Morgan fingerprint density at radius 2 is 0.841 bits per heavy atom. The van der Waals surface area contributed by atoms with E-state index in [1.165, 1.54) is 0 Å². The molecule has 0 radical (unpaired) electrons. The van der Waals surface area contributed by atoms with Gasteiger partial charge in [-0.05, 0) is 74.5 Å². The molecule has 88 heavy (non-hydrogen) atoms. The summed E-state index contributed by atoms with van der Waals surface area (Å²) in [6.45, 7) is 16.6. The Balaban J connectivity index is 6.81. The summed E-state index contributed by atoms with van der Waals surface area (Å²) in [5.41, 5.74) is 27.9. The molecule has 33 heteroatoms. The summed E-state index contributed by atoms with van der Waals surface area (Å²) in [7, 11) is 0. The molecule has 12 atom stereocenters. The lowest BCUT2D eigenvalue weighted by Crippen LogP contribution is -2.61. The molecular weight excluding hydrogens is 1170 g/mol. The molecule has 0 saturated carbocycles. The van der Waals surface area contributed by atoms with Gasteiger partial charge in [0.05, 0.1) is 19.0 Å². The molecule has 0 fully saturated rings. The van der Waals surface area contributed by atoms with Gasteiger partial charge in [-0.1, -0.05) is 82.1 Å². The molecule has 500 valence electrons. The molecule has 0 aliphatic carbocycles. The Hall–Kier alpha value is -7.84. The van der Waals surface area contributed by atoms with Crippen molar-refractivity contribution in [3.05, 3.63) is 0 Å². The maximum Gasteiger partial charge on any atom is 0.326 e. The van der Waals surface area contributed by atoms with Crippen LogP contribution in [0, 0.1) is 29.6 Å². The van der Waals surface area contributed by atoms with Crippen molar-refractivity contribution in [2.75, 3.05) is 18.8 Å². The number of nitrogens with zero attached hydrogens (tertiary/aromatic N) is 1. The third kappa shape index (κ3) is 32.2. The van der Waals surface area contributed by atoms with Gasteiger partial charge in [-0.25, -0.2) is 4.79 Å². The van der Waals surface area contributed by atoms with Gasteiger partial charge in [-0.15, -0.1) is 0 Å². The van der Waals surface area contributed by atoms with Gasteiger partial charge < -0.3 is 92.0 Å². The Bertz CT molecular complexity index is 2430. The average Bonchev–Trinajstić information content (AvgIpc) is 3.54. The fourth-order valence-electron chi connectivity index (χ4n) is 8.46. The van der Waals surface area contributed by atoms with Crippen LogP contribution < -0.4 is 81.8 Å². The first-order valence-electron chi connectivity index (χ1n) is 29.4. The third-order valence-electron chi connectivity index (χ3n) is 13.8. The van der Waals surface area contributed by atoms with E-state index in [1.807, 2.05) is 0 Å². The number of carboxylic acids is 2. The average molecular weight is 1270 g/mol. The second kappa shape index (κ2) is 41.3. The molecule has 0 heterocycles. The maximum absolute atomic E-state index is 14.3. The summed E-state index contributed by atoms with van der Waals surface area (Å²) in [6, 6.07) is -14.4. The van der Waals surface area contributed by atoms with E-state index in [9.17, 15) is 77.3 Å². The molecule has 32 nitrogen and oxygen atoms in total. The Labute approximate surface area is 519 Å². The number of guanidine groups is 1. The standard InChI is InChI=1S/C55H98N16O16S/c1-11-29(9)43(58)53(85)66-32(15-17-39(56)72)47(79)65-33(16-18-42(75)76)48(80)69-37(23-40(57)73)51(83)68-35(21-27(5)6)49(81)64-31(14-13-19-61-55(59)60)46(78)67-36(22-28(7)8)50(82)70-38(25-88)45(77)62-24-41(74)63-34(20-26(3)4)52(84)71-44(54(86)87)30(10)12-2/h26-38,43-44,88H,11-25,58H2,1-10H3,(H2,56,72)(H2,57,73)(H,62,77)(H,63,74)(H,64,81)(H,65,79)(H,66,85)(H,67,78)(H,68,83)(H,69,80)(H,70,82)(H,71,84)(H,75,76)(H,86,87)(H4,59,60,61)/t29-,30-,31-,32-,33-,34-,35-,36-,37-,38-,43-,44-/m0/s1. The van der Waals surface area contributed by atoms with Crippen molar-refractivity contribution in [3.8, 4) is 0 Å². The summed E-state index contributed by atoms with van der Waals surface area (Å²) in [5.74, 6) is -16.1. The van der Waals surface area contributed by atoms with Gasteiger partial charge in [0, 0.05) is 25.1 Å². The van der Waals surface area contributed by atoms with Crippen molar-refractivity contribution < 1.29 is 77.3 Å². The second-order valence-corrected chi connectivity index (χ2v) is 23.4. The zero-order chi connectivity index (χ0) is 67.7. The van der Waals surface area contributed by atoms with Gasteiger partial charge in [0.15, 0.2) is 5.96 Å². The molecule has 0 aliphatic rings. The molecule has 0 aromatic heterocycles. The van der Waals surface area contributed by atoms with Crippen molar-refractivity contribution in [1.29, 1.82) is 0 Å². The molecule has 0 aromatic rings. The van der Waals surface area contributed by atoms with Gasteiger partial charge in [0.2, 0.25) is 70.9 Å². The minimum atomic E-state index is -1.88. The lowest BCUT2D eigenvalue weighted by atomic mass is 9.97. The van der Waals surface area contributed by atoms with Crippen LogP contribution in [0.4, 0.5) is 0 Å². The number of thiol groups is 1. The van der Waals surface area contributed by atoms with Crippen LogP contribution in [-0.4, -0.2) is 178 Å². The predicted molar refractivity (Wildman–Crippen MR) is 326 cm³/mol. The molecule has 12 amide bonds. The quantitative estimate of drug-likeness (QED) is 0.0120. The van der Waals surface area contributed by atoms with Crippen molar-refractivity contribution in [1.82, 2.24) is 53.2 Å². The van der Waals surface area contributed by atoms with E-state index in [1.54, 1.807) is 69.2 Å². The number of carbonyl (C=O) groups is 14. The molecule has 0 saturated heterocycles. The highest BCUT2D eigenvalue weighted by atomic mass is 32.1. The van der Waals surface area contributed by atoms with Gasteiger partial charge in [-0.3, -0.25) is 67.3 Å². The highest BCUT2D eigenvalue weighted by molar-refractivity contribution is 7.80. The number of aliphatic carboxylic acids is 2. The molecule has 0 aromatic carbocycles. The number of carboxylic acid groups (broad SMARTS) is 2. The number of hydrogen-bond acceptors (Lipinski definition) is 17. The molecule has 22 N–H and O–H groups in total. The van der Waals surface area contributed by atoms with Gasteiger partial charge >= 0.3 is 11.9 Å². The van der Waals surface area contributed by atoms with E-state index < -0.39 is 181 Å². The smallest absolute Gasteiger partial charge is 0.326 e. The summed E-state index contributed by atoms with van der Waals surface area (Å²) in [6.07, 6.45) is -2.18. The van der Waals surface area contributed by atoms with Gasteiger partial charge in [0.25, 0.3) is 0 Å². The molecule has 0 rings (SSSR count). The molecular formula is C55H98N16O16S. The summed E-state index contributed by atoms with van der Waals surface area (Å²) in [4.78, 5) is 189. The first kappa shape index (κ1) is 80.2. The predicted octanol–water partition coefficient (Wildman–Crippen LogP) is -3.90. The summed E-state index contributed by atoms with van der Waals surface area (Å²) >= 11 is 4.22. The number of aliphatic imine (C=N–C) groups is 1. The van der Waals surface area contributed by atoms with Crippen LogP contribution in [0.2, 0.25) is 0 Å². The molecule has 0 aliphatic heterocycles. The first-order valence-corrected chi connectivity index (χ1v) is 30.0. The van der Waals surface area contributed by atoms with Crippen molar-refractivity contribution >= 4 is 101 Å². The van der Waals surface area contributed by atoms with Crippen LogP contribution >= 0.6 is 12.6 Å². The van der Waals surface area contributed by atoms with Crippen LogP contribution in [0.25, 0.3) is 0 Å². The van der Waals surface area contributed by atoms with Crippen LogP contribution in [0.3, 0.4) is 0 Å². The SMILES string of the molecule is CC[C@H](C)[C@H](N)C(=O)N[C@@H](CCC(N)=O)C(=O)N[C@@H](CCC(=O)O)C(=O)N[C@@H](CC(N)=O)C(=O)N[C@@H](CC(C)C)C(=O)N[C@@H](CCCN=C(N)N)C(=O)N[C@@H](CC(C)C)C(=O)N[C@@H](CS)C(=O)NCC(=O)N[C@@H](CC(C)C)C(=O)N[C@H](C(=O)O)[C@@H](C)CC. The van der Waals surface area contributed by atoms with Crippen LogP contribution in [-0.2, 0) is 67.1 Å². The van der Waals surface area contributed by atoms with Crippen LogP contribution in [0.5, 0.6) is 0 Å². The van der Waals surface area contributed by atoms with E-state index in [4.69, 9.17) is 28.7 Å². The highest BCUT2D eigenvalue weighted by Gasteiger charge is 2.37.